The van der Waals surface area contributed by atoms with Crippen molar-refractivity contribution in [3.05, 3.63) is 77.2 Å². The number of Topliss-reactive ketones (excluding diaryl/α,β-unsaturated/α-hetero) is 1. The van der Waals surface area contributed by atoms with E-state index in [9.17, 15) is 4.79 Å². The molecule has 186 valence electrons. The Balaban J connectivity index is 1.42. The SMILES string of the molecule is CCc1cncc(C(C)Oc2ccc3ncc(-c4ccc(C5CCC[C@@H](N)CC5=O)c(C)c4)n3n2)c1. The number of benzene rings is 1. The average molecular weight is 484 g/mol. The number of rotatable bonds is 6. The number of aryl methyl sites for hydroxylation is 2. The molecule has 0 bridgehead atoms. The summed E-state index contributed by atoms with van der Waals surface area (Å²) in [5.41, 5.74) is 13.1. The van der Waals surface area contributed by atoms with Crippen LogP contribution in [-0.4, -0.2) is 31.4 Å². The third-order valence-corrected chi connectivity index (χ3v) is 7.19. The summed E-state index contributed by atoms with van der Waals surface area (Å²) in [5.74, 6) is 0.697. The quantitative estimate of drug-likeness (QED) is 0.371. The maximum atomic E-state index is 12.8. The molecule has 7 nitrogen and oxygen atoms in total. The van der Waals surface area contributed by atoms with Gasteiger partial charge in [0.15, 0.2) is 5.65 Å². The lowest BCUT2D eigenvalue weighted by molar-refractivity contribution is -0.120. The molecule has 0 aliphatic heterocycles. The van der Waals surface area contributed by atoms with Gasteiger partial charge in [-0.1, -0.05) is 25.5 Å². The summed E-state index contributed by atoms with van der Waals surface area (Å²) < 4.78 is 7.99. The van der Waals surface area contributed by atoms with Gasteiger partial charge in [0.2, 0.25) is 5.88 Å². The first-order valence-corrected chi connectivity index (χ1v) is 12.8. The maximum absolute atomic E-state index is 12.8. The molecule has 5 rings (SSSR count). The standard InChI is InChI=1S/C29H33N5O2/c1-4-20-13-22(16-31-15-20)19(3)36-29-11-10-28-32-17-26(34(28)33-29)21-8-9-24(18(2)12-21)25-7-5-6-23(30)14-27(25)35/h8-13,15-17,19,23,25H,4-7,14,30H2,1-3H3/t19?,23-,25?/m1/s1. The van der Waals surface area contributed by atoms with E-state index in [0.717, 1.165) is 59.3 Å². The van der Waals surface area contributed by atoms with Crippen molar-refractivity contribution in [2.45, 2.75) is 70.9 Å². The van der Waals surface area contributed by atoms with E-state index < -0.39 is 0 Å². The van der Waals surface area contributed by atoms with E-state index in [-0.39, 0.29) is 23.8 Å². The number of aromatic nitrogens is 4. The number of carbonyl (C=O) groups excluding carboxylic acids is 1. The first-order valence-electron chi connectivity index (χ1n) is 12.8. The highest BCUT2D eigenvalue weighted by Gasteiger charge is 2.27. The van der Waals surface area contributed by atoms with Crippen LogP contribution in [0.3, 0.4) is 0 Å². The molecule has 1 aromatic carbocycles. The van der Waals surface area contributed by atoms with Crippen molar-refractivity contribution in [2.24, 2.45) is 5.73 Å². The van der Waals surface area contributed by atoms with Crippen LogP contribution in [0.15, 0.2) is 55.0 Å². The molecule has 3 heterocycles. The van der Waals surface area contributed by atoms with Gasteiger partial charge in [0.1, 0.15) is 11.9 Å². The predicted octanol–water partition coefficient (Wildman–Crippen LogP) is 5.36. The molecule has 7 heteroatoms. The van der Waals surface area contributed by atoms with Gasteiger partial charge in [0.25, 0.3) is 0 Å². The lowest BCUT2D eigenvalue weighted by atomic mass is 9.87. The number of pyridine rings is 1. The summed E-state index contributed by atoms with van der Waals surface area (Å²) in [7, 11) is 0. The van der Waals surface area contributed by atoms with Crippen LogP contribution in [0.2, 0.25) is 0 Å². The number of hydrogen-bond acceptors (Lipinski definition) is 6. The smallest absolute Gasteiger partial charge is 0.232 e. The lowest BCUT2D eigenvalue weighted by Gasteiger charge is -2.17. The Kier molecular flexibility index (Phi) is 6.83. The van der Waals surface area contributed by atoms with E-state index in [0.29, 0.717) is 12.3 Å². The van der Waals surface area contributed by atoms with Crippen LogP contribution in [0.25, 0.3) is 16.9 Å². The zero-order valence-electron chi connectivity index (χ0n) is 21.1. The van der Waals surface area contributed by atoms with E-state index >= 15 is 0 Å². The molecular formula is C29H33N5O2. The minimum atomic E-state index is -0.187. The highest BCUT2D eigenvalue weighted by atomic mass is 16.5. The summed E-state index contributed by atoms with van der Waals surface area (Å²) >= 11 is 0. The molecule has 1 aliphatic carbocycles. The molecule has 36 heavy (non-hydrogen) atoms. The number of carbonyl (C=O) groups is 1. The Morgan fingerprint density at radius 1 is 1.14 bits per heavy atom. The molecular weight excluding hydrogens is 450 g/mol. The van der Waals surface area contributed by atoms with Crippen LogP contribution in [0.5, 0.6) is 5.88 Å². The Morgan fingerprint density at radius 3 is 2.81 bits per heavy atom. The first-order chi connectivity index (χ1) is 17.4. The Labute approximate surface area is 211 Å². The van der Waals surface area contributed by atoms with Crippen LogP contribution < -0.4 is 10.5 Å². The summed E-state index contributed by atoms with van der Waals surface area (Å²) in [4.78, 5) is 21.7. The summed E-state index contributed by atoms with van der Waals surface area (Å²) in [6.07, 6.45) is 9.50. The number of ketones is 1. The van der Waals surface area contributed by atoms with Crippen molar-refractivity contribution in [3.8, 4) is 17.1 Å². The minimum Gasteiger partial charge on any atom is -0.469 e. The van der Waals surface area contributed by atoms with Crippen molar-refractivity contribution in [2.75, 3.05) is 0 Å². The van der Waals surface area contributed by atoms with Gasteiger partial charge in [0, 0.05) is 48.0 Å². The summed E-state index contributed by atoms with van der Waals surface area (Å²) in [6.45, 7) is 6.18. The topological polar surface area (TPSA) is 95.4 Å². The van der Waals surface area contributed by atoms with Gasteiger partial charge in [-0.2, -0.15) is 0 Å². The molecule has 0 saturated heterocycles. The second kappa shape index (κ2) is 10.2. The lowest BCUT2D eigenvalue weighted by Crippen LogP contribution is -2.23. The van der Waals surface area contributed by atoms with E-state index in [1.54, 1.807) is 0 Å². The largest absolute Gasteiger partial charge is 0.469 e. The Hall–Kier alpha value is -3.58. The van der Waals surface area contributed by atoms with Crippen LogP contribution in [0.4, 0.5) is 0 Å². The van der Waals surface area contributed by atoms with Gasteiger partial charge in [-0.05, 0) is 68.0 Å². The fourth-order valence-electron chi connectivity index (χ4n) is 5.09. The third kappa shape index (κ3) is 4.88. The second-order valence-electron chi connectivity index (χ2n) is 9.81. The molecule has 0 spiro atoms. The second-order valence-corrected chi connectivity index (χ2v) is 9.81. The molecule has 0 radical (unpaired) electrons. The fraction of sp³-hybridized carbons (Fsp3) is 0.379. The van der Waals surface area contributed by atoms with Crippen molar-refractivity contribution < 1.29 is 9.53 Å². The molecule has 1 aliphatic rings. The number of fused-ring (bicyclic) bond motifs is 1. The third-order valence-electron chi connectivity index (χ3n) is 7.19. The zero-order chi connectivity index (χ0) is 25.2. The molecule has 2 N–H and O–H groups in total. The fourth-order valence-corrected chi connectivity index (χ4v) is 5.09. The maximum Gasteiger partial charge on any atom is 0.232 e. The van der Waals surface area contributed by atoms with Gasteiger partial charge in [-0.15, -0.1) is 5.10 Å². The minimum absolute atomic E-state index is 0.0164. The highest BCUT2D eigenvalue weighted by molar-refractivity contribution is 5.87. The predicted molar refractivity (Wildman–Crippen MR) is 140 cm³/mol. The van der Waals surface area contributed by atoms with Gasteiger partial charge in [-0.25, -0.2) is 9.50 Å². The van der Waals surface area contributed by atoms with Crippen LogP contribution in [0.1, 0.15) is 73.8 Å². The molecule has 1 saturated carbocycles. The van der Waals surface area contributed by atoms with E-state index in [2.05, 4.69) is 48.1 Å². The van der Waals surface area contributed by atoms with Gasteiger partial charge >= 0.3 is 0 Å². The monoisotopic (exact) mass is 483 g/mol. The summed E-state index contributed by atoms with van der Waals surface area (Å²) in [5, 5.41) is 4.74. The van der Waals surface area contributed by atoms with Crippen LogP contribution >= 0.6 is 0 Å². The van der Waals surface area contributed by atoms with Crippen molar-refractivity contribution in [1.82, 2.24) is 19.6 Å². The first kappa shape index (κ1) is 24.1. The van der Waals surface area contributed by atoms with Crippen LogP contribution in [0, 0.1) is 6.92 Å². The number of imidazole rings is 1. The van der Waals surface area contributed by atoms with E-state index in [1.807, 2.05) is 42.2 Å². The number of nitrogens with zero attached hydrogens (tertiary/aromatic N) is 4. The van der Waals surface area contributed by atoms with Crippen molar-refractivity contribution >= 4 is 11.4 Å². The average Bonchev–Trinajstić information content (AvgIpc) is 3.22. The molecule has 1 fully saturated rings. The van der Waals surface area contributed by atoms with E-state index in [4.69, 9.17) is 15.6 Å². The normalized spacial score (nSPS) is 19.3. The number of ether oxygens (including phenoxy) is 1. The number of hydrogen-bond donors (Lipinski definition) is 1. The molecule has 4 aromatic rings. The molecule has 0 amide bonds. The van der Waals surface area contributed by atoms with Crippen LogP contribution in [-0.2, 0) is 11.2 Å². The number of nitrogens with two attached hydrogens (primary N) is 1. The molecule has 3 atom stereocenters. The molecule has 2 unspecified atom stereocenters. The molecule has 3 aromatic heterocycles. The zero-order valence-corrected chi connectivity index (χ0v) is 21.1. The van der Waals surface area contributed by atoms with Gasteiger partial charge in [0.05, 0.1) is 11.9 Å². The van der Waals surface area contributed by atoms with Gasteiger partial charge in [-0.3, -0.25) is 9.78 Å². The Bertz CT molecular complexity index is 1400. The summed E-state index contributed by atoms with van der Waals surface area (Å²) in [6, 6.07) is 12.1. The highest BCUT2D eigenvalue weighted by Crippen LogP contribution is 2.33. The van der Waals surface area contributed by atoms with E-state index in [1.165, 1.54) is 5.56 Å². The van der Waals surface area contributed by atoms with Gasteiger partial charge < -0.3 is 10.5 Å². The van der Waals surface area contributed by atoms with Crippen molar-refractivity contribution in [3.63, 3.8) is 0 Å². The van der Waals surface area contributed by atoms with Crippen molar-refractivity contribution in [1.29, 1.82) is 0 Å². The Morgan fingerprint density at radius 2 is 2.00 bits per heavy atom.